The van der Waals surface area contributed by atoms with Gasteiger partial charge in [-0.1, -0.05) is 26.0 Å². The zero-order chi connectivity index (χ0) is 19.3. The van der Waals surface area contributed by atoms with Crippen LogP contribution in [-0.4, -0.2) is 48.6 Å². The average molecular weight is 384 g/mol. The first-order chi connectivity index (χ1) is 12.3. The molecule has 144 valence electrons. The molecule has 7 nitrogen and oxygen atoms in total. The Hall–Kier alpha value is -1.87. The topological polar surface area (TPSA) is 113 Å². The number of rotatable bonds is 9. The summed E-state index contributed by atoms with van der Waals surface area (Å²) in [4.78, 5) is -0.376. The van der Waals surface area contributed by atoms with Crippen molar-refractivity contribution in [2.24, 2.45) is 0 Å². The molecule has 3 N–H and O–H groups in total. The number of fused-ring (bicyclic) bond motifs is 1. The van der Waals surface area contributed by atoms with Crippen molar-refractivity contribution in [3.63, 3.8) is 0 Å². The first kappa shape index (κ1) is 20.4. The Morgan fingerprint density at radius 2 is 1.54 bits per heavy atom. The van der Waals surface area contributed by atoms with Crippen LogP contribution in [-0.2, 0) is 10.1 Å². The van der Waals surface area contributed by atoms with Gasteiger partial charge in [-0.05, 0) is 31.0 Å². The van der Waals surface area contributed by atoms with E-state index in [1.165, 1.54) is 12.1 Å². The van der Waals surface area contributed by atoms with Gasteiger partial charge in [0.2, 0.25) is 0 Å². The molecule has 0 aliphatic rings. The Labute approximate surface area is 152 Å². The summed E-state index contributed by atoms with van der Waals surface area (Å²) in [6.07, 6.45) is -0.396. The second-order valence-corrected chi connectivity index (χ2v) is 7.36. The Kier molecular flexibility index (Phi) is 6.82. The highest BCUT2D eigenvalue weighted by Gasteiger charge is 2.21. The van der Waals surface area contributed by atoms with E-state index in [4.69, 9.17) is 9.47 Å². The van der Waals surface area contributed by atoms with Crippen LogP contribution in [0.3, 0.4) is 0 Å². The van der Waals surface area contributed by atoms with Gasteiger partial charge >= 0.3 is 0 Å². The molecule has 2 aromatic carbocycles. The summed E-state index contributed by atoms with van der Waals surface area (Å²) in [5.74, 6) is 0.414. The third kappa shape index (κ3) is 4.85. The van der Waals surface area contributed by atoms with Gasteiger partial charge in [0.25, 0.3) is 10.1 Å². The number of ether oxygens (including phenoxy) is 2. The van der Waals surface area contributed by atoms with Gasteiger partial charge < -0.3 is 19.7 Å². The van der Waals surface area contributed by atoms with Crippen molar-refractivity contribution in [2.75, 3.05) is 13.2 Å². The molecule has 0 saturated carbocycles. The lowest BCUT2D eigenvalue weighted by atomic mass is 10.1. The van der Waals surface area contributed by atoms with E-state index in [9.17, 15) is 23.2 Å². The predicted octanol–water partition coefficient (Wildman–Crippen LogP) is 2.39. The monoisotopic (exact) mass is 384 g/mol. The van der Waals surface area contributed by atoms with Crippen molar-refractivity contribution >= 4 is 20.9 Å². The van der Waals surface area contributed by atoms with Gasteiger partial charge in [0, 0.05) is 10.8 Å². The number of aliphatic hydroxyl groups excluding tert-OH is 2. The molecular formula is C18H24O7S. The third-order valence-electron chi connectivity index (χ3n) is 4.01. The van der Waals surface area contributed by atoms with Gasteiger partial charge in [-0.15, -0.1) is 0 Å². The maximum Gasteiger partial charge on any atom is 0.298 e. The first-order valence-corrected chi connectivity index (χ1v) is 9.86. The van der Waals surface area contributed by atoms with Crippen molar-refractivity contribution in [2.45, 2.75) is 43.8 Å². The van der Waals surface area contributed by atoms with Crippen molar-refractivity contribution < 1.29 is 32.7 Å². The molecule has 2 aromatic rings. The van der Waals surface area contributed by atoms with Crippen LogP contribution in [0.4, 0.5) is 0 Å². The summed E-state index contributed by atoms with van der Waals surface area (Å²) in [5.41, 5.74) is 0. The van der Waals surface area contributed by atoms with E-state index in [0.717, 1.165) is 0 Å². The van der Waals surface area contributed by atoms with Crippen LogP contribution in [0.2, 0.25) is 0 Å². The molecule has 26 heavy (non-hydrogen) atoms. The highest BCUT2D eigenvalue weighted by atomic mass is 32.2. The number of hydrogen-bond donors (Lipinski definition) is 3. The van der Waals surface area contributed by atoms with Gasteiger partial charge in [0.15, 0.2) is 0 Å². The zero-order valence-electron chi connectivity index (χ0n) is 14.8. The van der Waals surface area contributed by atoms with Crippen LogP contribution in [0, 0.1) is 0 Å². The average Bonchev–Trinajstić information content (AvgIpc) is 2.62. The molecule has 0 radical (unpaired) electrons. The molecule has 0 bridgehead atoms. The zero-order valence-corrected chi connectivity index (χ0v) is 15.6. The fourth-order valence-corrected chi connectivity index (χ4v) is 3.00. The summed E-state index contributed by atoms with van der Waals surface area (Å²) in [6, 6.07) is 7.74. The van der Waals surface area contributed by atoms with E-state index in [2.05, 4.69) is 0 Å². The molecular weight excluding hydrogens is 360 g/mol. The Balaban J connectivity index is 2.52. The van der Waals surface area contributed by atoms with Crippen molar-refractivity contribution in [3.05, 3.63) is 30.3 Å². The van der Waals surface area contributed by atoms with Crippen molar-refractivity contribution in [1.29, 1.82) is 0 Å². The molecule has 0 saturated heterocycles. The van der Waals surface area contributed by atoms with Crippen LogP contribution in [0.5, 0.6) is 11.5 Å². The summed E-state index contributed by atoms with van der Waals surface area (Å²) < 4.78 is 44.1. The second-order valence-electron chi connectivity index (χ2n) is 5.97. The van der Waals surface area contributed by atoms with Crippen molar-refractivity contribution in [1.82, 2.24) is 0 Å². The number of aliphatic hydroxyl groups is 2. The van der Waals surface area contributed by atoms with E-state index in [-0.39, 0.29) is 23.9 Å². The van der Waals surface area contributed by atoms with Gasteiger partial charge in [-0.25, -0.2) is 0 Å². The molecule has 0 spiro atoms. The largest absolute Gasteiger partial charge is 0.490 e. The molecule has 0 heterocycles. The van der Waals surface area contributed by atoms with Crippen LogP contribution in [0.15, 0.2) is 35.2 Å². The quantitative estimate of drug-likeness (QED) is 0.569. The normalized spacial score (nSPS) is 14.2. The molecule has 0 amide bonds. The summed E-state index contributed by atoms with van der Waals surface area (Å²) in [5, 5.41) is 20.4. The lowest BCUT2D eigenvalue weighted by Crippen LogP contribution is -2.17. The minimum Gasteiger partial charge on any atom is -0.490 e. The molecule has 2 unspecified atom stereocenters. The molecule has 2 atom stereocenters. The van der Waals surface area contributed by atoms with Gasteiger partial charge in [0.1, 0.15) is 29.6 Å². The Morgan fingerprint density at radius 1 is 0.923 bits per heavy atom. The highest BCUT2D eigenvalue weighted by Crippen LogP contribution is 2.37. The minimum absolute atomic E-state index is 0.0426. The fourth-order valence-electron chi connectivity index (χ4n) is 2.36. The Morgan fingerprint density at radius 3 is 2.12 bits per heavy atom. The second kappa shape index (κ2) is 8.68. The minimum atomic E-state index is -4.51. The van der Waals surface area contributed by atoms with E-state index in [1.54, 1.807) is 25.1 Å². The smallest absolute Gasteiger partial charge is 0.298 e. The van der Waals surface area contributed by atoms with Crippen molar-refractivity contribution in [3.8, 4) is 11.5 Å². The van der Waals surface area contributed by atoms with Crippen LogP contribution in [0.25, 0.3) is 10.8 Å². The van der Waals surface area contributed by atoms with Gasteiger partial charge in [-0.3, -0.25) is 4.55 Å². The summed E-state index contributed by atoms with van der Waals surface area (Å²) in [7, 11) is -4.51. The fraction of sp³-hybridized carbons (Fsp3) is 0.444. The number of benzene rings is 2. The first-order valence-electron chi connectivity index (χ1n) is 8.42. The standard InChI is InChI=1S/C18H24O7S/c1-3-12(19)10-24-16-7-5-6-15-14(16)8-9-17(26(21,22)23)18(15)25-11-13(20)4-2/h5-9,12-13,19-20H,3-4,10-11H2,1-2H3,(H,21,22,23). The third-order valence-corrected chi connectivity index (χ3v) is 4.88. The van der Waals surface area contributed by atoms with Gasteiger partial charge in [0.05, 0.1) is 12.2 Å². The van der Waals surface area contributed by atoms with Gasteiger partial charge in [-0.2, -0.15) is 8.42 Å². The Bertz CT molecular complexity index is 848. The maximum atomic E-state index is 11.7. The molecule has 0 aliphatic heterocycles. The predicted molar refractivity (Wildman–Crippen MR) is 97.3 cm³/mol. The van der Waals surface area contributed by atoms with E-state index in [0.29, 0.717) is 29.4 Å². The molecule has 0 aromatic heterocycles. The SMILES string of the molecule is CCC(O)COc1cccc2c(OCC(O)CC)c(S(=O)(=O)O)ccc12. The number of hydrogen-bond acceptors (Lipinski definition) is 6. The molecule has 2 rings (SSSR count). The van der Waals surface area contributed by atoms with E-state index < -0.39 is 22.3 Å². The maximum absolute atomic E-state index is 11.7. The molecule has 8 heteroatoms. The summed E-state index contributed by atoms with van der Waals surface area (Å²) >= 11 is 0. The van der Waals surface area contributed by atoms with Crippen LogP contribution in [0.1, 0.15) is 26.7 Å². The lowest BCUT2D eigenvalue weighted by Gasteiger charge is -2.17. The van der Waals surface area contributed by atoms with Crippen LogP contribution < -0.4 is 9.47 Å². The molecule has 0 fully saturated rings. The van der Waals surface area contributed by atoms with Crippen LogP contribution >= 0.6 is 0 Å². The molecule has 0 aliphatic carbocycles. The summed E-state index contributed by atoms with van der Waals surface area (Å²) in [6.45, 7) is 3.59. The highest BCUT2D eigenvalue weighted by molar-refractivity contribution is 7.86. The van der Waals surface area contributed by atoms with E-state index >= 15 is 0 Å². The van der Waals surface area contributed by atoms with E-state index in [1.807, 2.05) is 6.92 Å². The lowest BCUT2D eigenvalue weighted by molar-refractivity contribution is 0.103.